The second-order valence-electron chi connectivity index (χ2n) is 5.29. The first kappa shape index (κ1) is 18.5. The Labute approximate surface area is 137 Å². The van der Waals surface area contributed by atoms with Gasteiger partial charge in [0.05, 0.1) is 18.1 Å². The lowest BCUT2D eigenvalue weighted by atomic mass is 9.99. The van der Waals surface area contributed by atoms with E-state index in [1.165, 1.54) is 12.1 Å². The Hall–Kier alpha value is -1.88. The van der Waals surface area contributed by atoms with E-state index in [9.17, 15) is 25.4 Å². The molecule has 2 rings (SSSR count). The lowest BCUT2D eigenvalue weighted by Gasteiger charge is -2.39. The van der Waals surface area contributed by atoms with Gasteiger partial charge >= 0.3 is 0 Å². The summed E-state index contributed by atoms with van der Waals surface area (Å²) in [5, 5.41) is 48.8. The molecule has 1 aliphatic rings. The zero-order valence-electron chi connectivity index (χ0n) is 12.6. The van der Waals surface area contributed by atoms with Crippen molar-refractivity contribution in [2.75, 3.05) is 13.2 Å². The van der Waals surface area contributed by atoms with Gasteiger partial charge in [-0.05, 0) is 5.56 Å². The summed E-state index contributed by atoms with van der Waals surface area (Å²) in [6, 6.07) is 6.00. The van der Waals surface area contributed by atoms with E-state index in [0.717, 1.165) is 0 Å². The molecular weight excluding hydrogens is 322 g/mol. The van der Waals surface area contributed by atoms with Crippen molar-refractivity contribution in [3.8, 4) is 0 Å². The number of nitrogens with zero attached hydrogens (tertiary/aromatic N) is 1. The zero-order valence-corrected chi connectivity index (χ0v) is 12.6. The summed E-state index contributed by atoms with van der Waals surface area (Å²) in [4.78, 5) is 10.2. The van der Waals surface area contributed by atoms with Crippen molar-refractivity contribution in [3.63, 3.8) is 0 Å². The molecule has 0 radical (unpaired) electrons. The first-order chi connectivity index (χ1) is 11.4. The van der Waals surface area contributed by atoms with Crippen molar-refractivity contribution >= 4 is 11.8 Å². The first-order valence-corrected chi connectivity index (χ1v) is 7.27. The van der Waals surface area contributed by atoms with Crippen LogP contribution in [0.3, 0.4) is 0 Å². The van der Waals surface area contributed by atoms with Crippen LogP contribution in [0, 0.1) is 10.1 Å². The van der Waals surface area contributed by atoms with E-state index in [1.54, 1.807) is 24.3 Å². The quantitative estimate of drug-likeness (QED) is 0.398. The highest BCUT2D eigenvalue weighted by Crippen LogP contribution is 2.22. The highest BCUT2D eigenvalue weighted by atomic mass is 16.7. The Morgan fingerprint density at radius 2 is 2.00 bits per heavy atom. The van der Waals surface area contributed by atoms with E-state index >= 15 is 0 Å². The van der Waals surface area contributed by atoms with E-state index in [1.807, 2.05) is 0 Å². The fraction of sp³-hybridized carbons (Fsp3) is 0.467. The van der Waals surface area contributed by atoms with Crippen LogP contribution in [0.2, 0.25) is 0 Å². The van der Waals surface area contributed by atoms with Crippen molar-refractivity contribution in [1.29, 1.82) is 0 Å². The number of non-ortho nitro benzene ring substituents is 1. The topological polar surface area (TPSA) is 143 Å². The summed E-state index contributed by atoms with van der Waals surface area (Å²) < 4.78 is 10.4. The molecular formula is C15H19NO8. The van der Waals surface area contributed by atoms with Crippen LogP contribution in [0.4, 0.5) is 5.69 Å². The summed E-state index contributed by atoms with van der Waals surface area (Å²) >= 11 is 0. The van der Waals surface area contributed by atoms with Gasteiger partial charge in [-0.1, -0.05) is 24.3 Å². The van der Waals surface area contributed by atoms with Crippen molar-refractivity contribution in [1.82, 2.24) is 0 Å². The van der Waals surface area contributed by atoms with Gasteiger partial charge in [-0.15, -0.1) is 0 Å². The molecule has 0 amide bonds. The van der Waals surface area contributed by atoms with Gasteiger partial charge in [0.25, 0.3) is 5.69 Å². The number of aliphatic hydroxyl groups is 4. The second-order valence-corrected chi connectivity index (χ2v) is 5.29. The first-order valence-electron chi connectivity index (χ1n) is 7.27. The Balaban J connectivity index is 1.91. The van der Waals surface area contributed by atoms with Gasteiger partial charge in [0.15, 0.2) is 6.29 Å². The van der Waals surface area contributed by atoms with Crippen LogP contribution in [-0.2, 0) is 9.47 Å². The second kappa shape index (κ2) is 8.29. The van der Waals surface area contributed by atoms with Gasteiger partial charge in [-0.2, -0.15) is 0 Å². The number of ether oxygens (including phenoxy) is 2. The summed E-state index contributed by atoms with van der Waals surface area (Å²) in [6.07, 6.45) is -3.50. The smallest absolute Gasteiger partial charge is 0.270 e. The minimum atomic E-state index is -1.50. The largest absolute Gasteiger partial charge is 0.394 e. The fourth-order valence-corrected chi connectivity index (χ4v) is 2.28. The zero-order chi connectivity index (χ0) is 17.7. The number of nitro benzene ring substituents is 1. The molecule has 132 valence electrons. The molecule has 0 aromatic heterocycles. The number of nitro groups is 1. The molecule has 0 saturated carbocycles. The molecule has 1 aromatic rings. The molecule has 1 fully saturated rings. The summed E-state index contributed by atoms with van der Waals surface area (Å²) in [6.45, 7) is -0.542. The highest BCUT2D eigenvalue weighted by Gasteiger charge is 2.43. The third kappa shape index (κ3) is 4.35. The monoisotopic (exact) mass is 341 g/mol. The molecule has 1 saturated heterocycles. The van der Waals surface area contributed by atoms with Crippen LogP contribution in [-0.4, -0.2) is 69.3 Å². The van der Waals surface area contributed by atoms with Crippen LogP contribution in [0.15, 0.2) is 30.3 Å². The van der Waals surface area contributed by atoms with E-state index in [2.05, 4.69) is 0 Å². The standard InChI is InChI=1S/C15H19NO8/c17-8-11-12(18)13(19)14(20)15(24-11)23-6-2-4-9-3-1-5-10(7-9)16(21)22/h1-5,7,11-15,17-20H,6,8H2/b4-2+/t11-,12-,13+,14-,15-/m1/s1. The molecule has 0 unspecified atom stereocenters. The van der Waals surface area contributed by atoms with Crippen molar-refractivity contribution in [2.24, 2.45) is 0 Å². The molecule has 5 atom stereocenters. The molecule has 4 N–H and O–H groups in total. The maximum Gasteiger partial charge on any atom is 0.270 e. The van der Waals surface area contributed by atoms with Crippen LogP contribution >= 0.6 is 0 Å². The van der Waals surface area contributed by atoms with E-state index in [0.29, 0.717) is 5.56 Å². The fourth-order valence-electron chi connectivity index (χ4n) is 2.28. The number of rotatable bonds is 6. The Kier molecular flexibility index (Phi) is 6.37. The molecule has 0 spiro atoms. The SMILES string of the molecule is O=[N+]([O-])c1cccc(/C=C/CO[C@@H]2O[C@H](CO)[C@@H](O)[C@H](O)[C@H]2O)c1. The number of aliphatic hydroxyl groups excluding tert-OH is 4. The van der Waals surface area contributed by atoms with Gasteiger partial charge in [0.2, 0.25) is 0 Å². The van der Waals surface area contributed by atoms with Crippen LogP contribution < -0.4 is 0 Å². The Morgan fingerprint density at radius 1 is 1.25 bits per heavy atom. The maximum atomic E-state index is 10.7. The van der Waals surface area contributed by atoms with Crippen LogP contribution in [0.1, 0.15) is 5.56 Å². The average Bonchev–Trinajstić information content (AvgIpc) is 2.58. The van der Waals surface area contributed by atoms with Gasteiger partial charge in [0.1, 0.15) is 24.4 Å². The number of hydrogen-bond donors (Lipinski definition) is 4. The highest BCUT2D eigenvalue weighted by molar-refractivity contribution is 5.53. The number of hydrogen-bond acceptors (Lipinski definition) is 8. The Bertz CT molecular complexity index is 591. The van der Waals surface area contributed by atoms with Gasteiger partial charge < -0.3 is 29.9 Å². The molecule has 1 aliphatic heterocycles. The predicted molar refractivity (Wildman–Crippen MR) is 81.8 cm³/mol. The molecule has 9 nitrogen and oxygen atoms in total. The summed E-state index contributed by atoms with van der Waals surface area (Å²) in [5.41, 5.74) is 0.564. The maximum absolute atomic E-state index is 10.7. The van der Waals surface area contributed by atoms with Crippen LogP contribution in [0.25, 0.3) is 6.08 Å². The van der Waals surface area contributed by atoms with Crippen molar-refractivity contribution < 1.29 is 34.8 Å². The van der Waals surface area contributed by atoms with E-state index in [4.69, 9.17) is 14.6 Å². The van der Waals surface area contributed by atoms with E-state index < -0.39 is 42.2 Å². The van der Waals surface area contributed by atoms with Gasteiger partial charge in [0, 0.05) is 12.1 Å². The minimum Gasteiger partial charge on any atom is -0.394 e. The predicted octanol–water partition coefficient (Wildman–Crippen LogP) is -0.576. The molecule has 24 heavy (non-hydrogen) atoms. The van der Waals surface area contributed by atoms with Crippen molar-refractivity contribution in [3.05, 3.63) is 46.0 Å². The third-order valence-corrected chi connectivity index (χ3v) is 3.60. The average molecular weight is 341 g/mol. The molecule has 9 heteroatoms. The minimum absolute atomic E-state index is 0.00855. The van der Waals surface area contributed by atoms with Gasteiger partial charge in [-0.3, -0.25) is 10.1 Å². The third-order valence-electron chi connectivity index (χ3n) is 3.60. The normalized spacial score (nSPS) is 30.6. The van der Waals surface area contributed by atoms with Crippen LogP contribution in [0.5, 0.6) is 0 Å². The van der Waals surface area contributed by atoms with Crippen molar-refractivity contribution in [2.45, 2.75) is 30.7 Å². The van der Waals surface area contributed by atoms with Gasteiger partial charge in [-0.25, -0.2) is 0 Å². The number of benzene rings is 1. The molecule has 1 aromatic carbocycles. The summed E-state index contributed by atoms with van der Waals surface area (Å²) in [5.74, 6) is 0. The molecule has 1 heterocycles. The summed E-state index contributed by atoms with van der Waals surface area (Å²) in [7, 11) is 0. The lowest BCUT2D eigenvalue weighted by Crippen LogP contribution is -2.59. The molecule has 0 aliphatic carbocycles. The Morgan fingerprint density at radius 3 is 2.67 bits per heavy atom. The molecule has 0 bridgehead atoms. The van der Waals surface area contributed by atoms with E-state index in [-0.39, 0.29) is 12.3 Å². The lowest BCUT2D eigenvalue weighted by molar-refractivity contribution is -0.384.